The number of nitrogens with zero attached hydrogens (tertiary/aromatic N) is 1. The Kier molecular flexibility index (Phi) is 6.35. The molecule has 2 aliphatic carbocycles. The van der Waals surface area contributed by atoms with Gasteiger partial charge in [0.2, 0.25) is 0 Å². The van der Waals surface area contributed by atoms with Crippen LogP contribution in [0.3, 0.4) is 0 Å². The molecule has 2 atom stereocenters. The largest absolute Gasteiger partial charge is 0.469 e. The maximum absolute atomic E-state index is 11.7. The zero-order valence-corrected chi connectivity index (χ0v) is 14.8. The van der Waals surface area contributed by atoms with Crippen LogP contribution >= 0.6 is 0 Å². The van der Waals surface area contributed by atoms with Gasteiger partial charge in [-0.1, -0.05) is 19.3 Å². The maximum atomic E-state index is 11.7. The van der Waals surface area contributed by atoms with Crippen LogP contribution in [0.4, 0.5) is 0 Å². The minimum absolute atomic E-state index is 0.0469. The van der Waals surface area contributed by atoms with Crippen molar-refractivity contribution in [1.29, 1.82) is 0 Å². The number of likely N-dealkylation sites (tertiary alicyclic amines) is 1. The summed E-state index contributed by atoms with van der Waals surface area (Å²) in [5.74, 6) is 2.21. The van der Waals surface area contributed by atoms with Gasteiger partial charge >= 0.3 is 5.97 Å². The summed E-state index contributed by atoms with van der Waals surface area (Å²) in [5, 5.41) is 3.84. The fourth-order valence-corrected chi connectivity index (χ4v) is 4.46. The molecular formula is C19H34N2O2. The predicted molar refractivity (Wildman–Crippen MR) is 92.3 cm³/mol. The molecule has 3 fully saturated rings. The van der Waals surface area contributed by atoms with Crippen LogP contribution in [0.1, 0.15) is 57.8 Å². The lowest BCUT2D eigenvalue weighted by molar-refractivity contribution is -0.142. The van der Waals surface area contributed by atoms with Gasteiger partial charge in [0.15, 0.2) is 0 Å². The Labute approximate surface area is 141 Å². The number of carbonyl (C=O) groups excluding carboxylic acids is 1. The Morgan fingerprint density at radius 3 is 2.52 bits per heavy atom. The second-order valence-corrected chi connectivity index (χ2v) is 8.15. The second kappa shape index (κ2) is 8.48. The van der Waals surface area contributed by atoms with Crippen molar-refractivity contribution in [1.82, 2.24) is 10.2 Å². The quantitative estimate of drug-likeness (QED) is 0.732. The normalized spacial score (nSPS) is 30.3. The summed E-state index contributed by atoms with van der Waals surface area (Å²) in [5.41, 5.74) is 0. The molecule has 0 aromatic heterocycles. The van der Waals surface area contributed by atoms with Crippen LogP contribution in [0.5, 0.6) is 0 Å². The molecule has 0 aromatic carbocycles. The van der Waals surface area contributed by atoms with Crippen LogP contribution in [0.15, 0.2) is 0 Å². The van der Waals surface area contributed by atoms with Gasteiger partial charge in [-0.15, -0.1) is 0 Å². The van der Waals surface area contributed by atoms with Gasteiger partial charge in [0.05, 0.1) is 7.11 Å². The van der Waals surface area contributed by atoms with Gasteiger partial charge in [-0.3, -0.25) is 4.79 Å². The number of carbonyl (C=O) groups is 1. The molecule has 0 amide bonds. The van der Waals surface area contributed by atoms with E-state index in [1.165, 1.54) is 71.7 Å². The van der Waals surface area contributed by atoms with Gasteiger partial charge in [-0.25, -0.2) is 0 Å². The summed E-state index contributed by atoms with van der Waals surface area (Å²) in [6.07, 6.45) is 11.6. The van der Waals surface area contributed by atoms with Crippen LogP contribution in [-0.4, -0.2) is 50.2 Å². The maximum Gasteiger partial charge on any atom is 0.305 e. The van der Waals surface area contributed by atoms with E-state index in [4.69, 9.17) is 4.74 Å². The average molecular weight is 322 g/mol. The molecule has 2 unspecified atom stereocenters. The van der Waals surface area contributed by atoms with Gasteiger partial charge in [0.1, 0.15) is 0 Å². The molecule has 0 radical (unpaired) electrons. The molecule has 4 heteroatoms. The zero-order valence-electron chi connectivity index (χ0n) is 14.8. The van der Waals surface area contributed by atoms with Crippen LogP contribution in [0, 0.1) is 17.8 Å². The number of rotatable bonds is 7. The molecule has 0 spiro atoms. The summed E-state index contributed by atoms with van der Waals surface area (Å²) in [7, 11) is 1.51. The smallest absolute Gasteiger partial charge is 0.305 e. The Hall–Kier alpha value is -0.610. The molecule has 3 rings (SSSR count). The molecule has 1 heterocycles. The van der Waals surface area contributed by atoms with Gasteiger partial charge in [-0.05, 0) is 56.4 Å². The SMILES string of the molecule is COC(=O)CC1CC(NCC2CCCCC2)CN(CC2CC2)C1. The van der Waals surface area contributed by atoms with Crippen LogP contribution in [-0.2, 0) is 9.53 Å². The highest BCUT2D eigenvalue weighted by Crippen LogP contribution is 2.32. The molecule has 0 aromatic rings. The van der Waals surface area contributed by atoms with Crippen LogP contribution in [0.2, 0.25) is 0 Å². The monoisotopic (exact) mass is 322 g/mol. The molecule has 132 valence electrons. The number of methoxy groups -OCH3 is 1. The average Bonchev–Trinajstić information content (AvgIpc) is 3.37. The zero-order chi connectivity index (χ0) is 16.1. The van der Waals surface area contributed by atoms with E-state index in [-0.39, 0.29) is 5.97 Å². The van der Waals surface area contributed by atoms with Crippen LogP contribution in [0.25, 0.3) is 0 Å². The minimum atomic E-state index is -0.0469. The highest BCUT2D eigenvalue weighted by molar-refractivity contribution is 5.69. The Balaban J connectivity index is 1.48. The predicted octanol–water partition coefficient (Wildman–Crippen LogP) is 2.82. The third-order valence-electron chi connectivity index (χ3n) is 5.93. The summed E-state index contributed by atoms with van der Waals surface area (Å²) < 4.78 is 4.89. The molecule has 0 bridgehead atoms. The highest BCUT2D eigenvalue weighted by Gasteiger charge is 2.32. The fourth-order valence-electron chi connectivity index (χ4n) is 4.46. The number of esters is 1. The van der Waals surface area contributed by atoms with Crippen molar-refractivity contribution >= 4 is 5.97 Å². The third kappa shape index (κ3) is 5.75. The second-order valence-electron chi connectivity index (χ2n) is 8.15. The topological polar surface area (TPSA) is 41.6 Å². The standard InChI is InChI=1S/C19H34N2O2/c1-23-19(22)10-17-9-18(14-21(13-17)12-16-7-8-16)20-11-15-5-3-2-4-6-15/h15-18,20H,2-14H2,1H3. The summed E-state index contributed by atoms with van der Waals surface area (Å²) in [4.78, 5) is 14.3. The molecule has 4 nitrogen and oxygen atoms in total. The molecular weight excluding hydrogens is 288 g/mol. The van der Waals surface area contributed by atoms with Crippen molar-refractivity contribution < 1.29 is 9.53 Å². The van der Waals surface area contributed by atoms with Gasteiger partial charge in [-0.2, -0.15) is 0 Å². The van der Waals surface area contributed by atoms with Crippen molar-refractivity contribution in [3.63, 3.8) is 0 Å². The highest BCUT2D eigenvalue weighted by atomic mass is 16.5. The molecule has 2 saturated carbocycles. The first-order chi connectivity index (χ1) is 11.2. The van der Waals surface area contributed by atoms with Crippen molar-refractivity contribution in [3.8, 4) is 0 Å². The summed E-state index contributed by atoms with van der Waals surface area (Å²) in [6.45, 7) is 4.65. The van der Waals surface area contributed by atoms with Crippen molar-refractivity contribution in [2.24, 2.45) is 17.8 Å². The van der Waals surface area contributed by atoms with E-state index < -0.39 is 0 Å². The molecule has 1 aliphatic heterocycles. The number of hydrogen-bond donors (Lipinski definition) is 1. The number of piperidine rings is 1. The first kappa shape index (κ1) is 17.2. The molecule has 3 aliphatic rings. The first-order valence-electron chi connectivity index (χ1n) is 9.75. The van der Waals surface area contributed by atoms with Gasteiger partial charge in [0, 0.05) is 32.1 Å². The van der Waals surface area contributed by atoms with E-state index in [0.717, 1.165) is 24.8 Å². The molecule has 1 saturated heterocycles. The molecule has 1 N–H and O–H groups in total. The third-order valence-corrected chi connectivity index (χ3v) is 5.93. The number of ether oxygens (including phenoxy) is 1. The molecule has 23 heavy (non-hydrogen) atoms. The lowest BCUT2D eigenvalue weighted by Crippen LogP contribution is -2.51. The van der Waals surface area contributed by atoms with Crippen LogP contribution < -0.4 is 5.32 Å². The van der Waals surface area contributed by atoms with E-state index in [9.17, 15) is 4.79 Å². The Bertz CT molecular complexity index is 378. The minimum Gasteiger partial charge on any atom is -0.469 e. The number of nitrogens with one attached hydrogen (secondary N) is 1. The van der Waals surface area contributed by atoms with E-state index in [0.29, 0.717) is 18.4 Å². The van der Waals surface area contributed by atoms with Crippen molar-refractivity contribution in [3.05, 3.63) is 0 Å². The fraction of sp³-hybridized carbons (Fsp3) is 0.947. The van der Waals surface area contributed by atoms with E-state index >= 15 is 0 Å². The van der Waals surface area contributed by atoms with Crippen molar-refractivity contribution in [2.75, 3.05) is 33.3 Å². The lowest BCUT2D eigenvalue weighted by Gasteiger charge is -2.39. The summed E-state index contributed by atoms with van der Waals surface area (Å²) >= 11 is 0. The van der Waals surface area contributed by atoms with Gasteiger partial charge < -0.3 is 15.0 Å². The Morgan fingerprint density at radius 1 is 1.04 bits per heavy atom. The first-order valence-corrected chi connectivity index (χ1v) is 9.75. The number of hydrogen-bond acceptors (Lipinski definition) is 4. The Morgan fingerprint density at radius 2 is 1.83 bits per heavy atom. The lowest BCUT2D eigenvalue weighted by atomic mass is 9.88. The van der Waals surface area contributed by atoms with E-state index in [2.05, 4.69) is 10.2 Å². The van der Waals surface area contributed by atoms with E-state index in [1.807, 2.05) is 0 Å². The van der Waals surface area contributed by atoms with Gasteiger partial charge in [0.25, 0.3) is 0 Å². The summed E-state index contributed by atoms with van der Waals surface area (Å²) in [6, 6.07) is 0.555. The van der Waals surface area contributed by atoms with E-state index in [1.54, 1.807) is 0 Å². The van der Waals surface area contributed by atoms with Crippen molar-refractivity contribution in [2.45, 2.75) is 63.8 Å².